The van der Waals surface area contributed by atoms with Gasteiger partial charge in [0.1, 0.15) is 11.5 Å². The lowest BCUT2D eigenvalue weighted by atomic mass is 10.1. The van der Waals surface area contributed by atoms with Gasteiger partial charge in [-0.1, -0.05) is 0 Å². The number of hydrogen-bond donors (Lipinski definition) is 1. The SMILES string of the molecule is COc1ccc(-c2csc(N)n2)c(OC)c1. The van der Waals surface area contributed by atoms with Gasteiger partial charge in [0, 0.05) is 17.0 Å². The molecule has 2 rings (SSSR count). The van der Waals surface area contributed by atoms with Crippen molar-refractivity contribution >= 4 is 16.5 Å². The highest BCUT2D eigenvalue weighted by atomic mass is 32.1. The van der Waals surface area contributed by atoms with Gasteiger partial charge < -0.3 is 15.2 Å². The van der Waals surface area contributed by atoms with Crippen molar-refractivity contribution in [3.8, 4) is 22.8 Å². The van der Waals surface area contributed by atoms with Crippen LogP contribution in [0.25, 0.3) is 11.3 Å². The highest BCUT2D eigenvalue weighted by molar-refractivity contribution is 7.13. The molecule has 2 N–H and O–H groups in total. The molecule has 0 spiro atoms. The van der Waals surface area contributed by atoms with Crippen LogP contribution in [0.3, 0.4) is 0 Å². The monoisotopic (exact) mass is 236 g/mol. The Kier molecular flexibility index (Phi) is 2.96. The van der Waals surface area contributed by atoms with Crippen molar-refractivity contribution in [2.24, 2.45) is 0 Å². The van der Waals surface area contributed by atoms with E-state index in [0.717, 1.165) is 22.8 Å². The molecule has 0 aliphatic rings. The highest BCUT2D eigenvalue weighted by Gasteiger charge is 2.10. The standard InChI is InChI=1S/C11H12N2O2S/c1-14-7-3-4-8(10(5-7)15-2)9-6-16-11(12)13-9/h3-6H,1-2H3,(H2,12,13). The maximum Gasteiger partial charge on any atom is 0.180 e. The molecule has 84 valence electrons. The molecule has 16 heavy (non-hydrogen) atoms. The molecule has 2 aromatic rings. The molecule has 0 amide bonds. The van der Waals surface area contributed by atoms with E-state index in [1.165, 1.54) is 11.3 Å². The second-order valence-electron chi connectivity index (χ2n) is 3.14. The van der Waals surface area contributed by atoms with Crippen molar-refractivity contribution in [2.75, 3.05) is 20.0 Å². The van der Waals surface area contributed by atoms with Gasteiger partial charge in [0.15, 0.2) is 5.13 Å². The van der Waals surface area contributed by atoms with Crippen LogP contribution in [-0.4, -0.2) is 19.2 Å². The van der Waals surface area contributed by atoms with Crippen LogP contribution < -0.4 is 15.2 Å². The van der Waals surface area contributed by atoms with Crippen LogP contribution in [0.5, 0.6) is 11.5 Å². The zero-order valence-electron chi connectivity index (χ0n) is 9.06. The Morgan fingerprint density at radius 3 is 2.62 bits per heavy atom. The number of anilines is 1. The van der Waals surface area contributed by atoms with E-state index in [4.69, 9.17) is 15.2 Å². The predicted molar refractivity (Wildman–Crippen MR) is 65.1 cm³/mol. The van der Waals surface area contributed by atoms with Gasteiger partial charge in [0.05, 0.1) is 19.9 Å². The number of methoxy groups -OCH3 is 2. The summed E-state index contributed by atoms with van der Waals surface area (Å²) in [5.74, 6) is 1.48. The van der Waals surface area contributed by atoms with Crippen LogP contribution in [0.1, 0.15) is 0 Å². The minimum absolute atomic E-state index is 0.549. The Labute approximate surface area is 97.6 Å². The summed E-state index contributed by atoms with van der Waals surface area (Å²) in [5, 5.41) is 2.45. The zero-order chi connectivity index (χ0) is 11.5. The molecule has 0 saturated carbocycles. The average Bonchev–Trinajstić information content (AvgIpc) is 2.74. The van der Waals surface area contributed by atoms with Gasteiger partial charge in [0.25, 0.3) is 0 Å². The Morgan fingerprint density at radius 1 is 1.25 bits per heavy atom. The first-order valence-corrected chi connectivity index (χ1v) is 5.56. The third-order valence-corrected chi connectivity index (χ3v) is 2.88. The largest absolute Gasteiger partial charge is 0.497 e. The zero-order valence-corrected chi connectivity index (χ0v) is 9.88. The highest BCUT2D eigenvalue weighted by Crippen LogP contribution is 2.34. The number of ether oxygens (including phenoxy) is 2. The van der Waals surface area contributed by atoms with E-state index in [1.807, 2.05) is 23.6 Å². The maximum atomic E-state index is 5.61. The number of hydrogen-bond acceptors (Lipinski definition) is 5. The Bertz CT molecular complexity index is 496. The van der Waals surface area contributed by atoms with Gasteiger partial charge in [-0.3, -0.25) is 0 Å². The van der Waals surface area contributed by atoms with Crippen LogP contribution in [0, 0.1) is 0 Å². The van der Waals surface area contributed by atoms with E-state index in [-0.39, 0.29) is 0 Å². The Hall–Kier alpha value is -1.75. The molecule has 4 nitrogen and oxygen atoms in total. The van der Waals surface area contributed by atoms with Gasteiger partial charge in [0.2, 0.25) is 0 Å². The van der Waals surface area contributed by atoms with Gasteiger partial charge in [-0.25, -0.2) is 4.98 Å². The Morgan fingerprint density at radius 2 is 2.06 bits per heavy atom. The second-order valence-corrected chi connectivity index (χ2v) is 4.03. The second kappa shape index (κ2) is 4.40. The number of nitrogens with two attached hydrogens (primary N) is 1. The van der Waals surface area contributed by atoms with Crippen molar-refractivity contribution in [1.82, 2.24) is 4.98 Å². The summed E-state index contributed by atoms with van der Waals surface area (Å²) in [4.78, 5) is 4.22. The molecule has 0 atom stereocenters. The molecule has 0 bridgehead atoms. The maximum absolute atomic E-state index is 5.61. The fourth-order valence-electron chi connectivity index (χ4n) is 1.42. The molecular weight excluding hydrogens is 224 g/mol. The molecule has 0 fully saturated rings. The molecule has 5 heteroatoms. The summed E-state index contributed by atoms with van der Waals surface area (Å²) in [5.41, 5.74) is 7.34. The third-order valence-electron chi connectivity index (χ3n) is 2.21. The van der Waals surface area contributed by atoms with Gasteiger partial charge >= 0.3 is 0 Å². The molecule has 0 aliphatic heterocycles. The molecule has 0 radical (unpaired) electrons. The summed E-state index contributed by atoms with van der Waals surface area (Å²) < 4.78 is 10.4. The van der Waals surface area contributed by atoms with E-state index in [0.29, 0.717) is 5.13 Å². The van der Waals surface area contributed by atoms with E-state index in [1.54, 1.807) is 14.2 Å². The summed E-state index contributed by atoms with van der Waals surface area (Å²) >= 11 is 1.41. The van der Waals surface area contributed by atoms with E-state index in [2.05, 4.69) is 4.98 Å². The third kappa shape index (κ3) is 1.94. The van der Waals surface area contributed by atoms with Crippen molar-refractivity contribution < 1.29 is 9.47 Å². The van der Waals surface area contributed by atoms with Crippen LogP contribution in [-0.2, 0) is 0 Å². The quantitative estimate of drug-likeness (QED) is 0.889. The van der Waals surface area contributed by atoms with Gasteiger partial charge in [-0.05, 0) is 12.1 Å². The Balaban J connectivity index is 2.48. The van der Waals surface area contributed by atoms with E-state index in [9.17, 15) is 0 Å². The summed E-state index contributed by atoms with van der Waals surface area (Å²) in [6, 6.07) is 5.60. The van der Waals surface area contributed by atoms with Crippen LogP contribution >= 0.6 is 11.3 Å². The first-order valence-electron chi connectivity index (χ1n) is 4.68. The molecule has 0 saturated heterocycles. The number of thiazole rings is 1. The summed E-state index contributed by atoms with van der Waals surface area (Å²) in [6.07, 6.45) is 0. The van der Waals surface area contributed by atoms with Gasteiger partial charge in [-0.15, -0.1) is 11.3 Å². The van der Waals surface area contributed by atoms with E-state index >= 15 is 0 Å². The molecular formula is C11H12N2O2S. The predicted octanol–water partition coefficient (Wildman–Crippen LogP) is 2.41. The first-order chi connectivity index (χ1) is 7.74. The lowest BCUT2D eigenvalue weighted by Gasteiger charge is -2.08. The molecule has 1 aromatic heterocycles. The van der Waals surface area contributed by atoms with Crippen LogP contribution in [0.15, 0.2) is 23.6 Å². The molecule has 0 aliphatic carbocycles. The minimum Gasteiger partial charge on any atom is -0.497 e. The van der Waals surface area contributed by atoms with Crippen molar-refractivity contribution in [3.63, 3.8) is 0 Å². The summed E-state index contributed by atoms with van der Waals surface area (Å²) in [7, 11) is 3.24. The lowest BCUT2D eigenvalue weighted by Crippen LogP contribution is -1.91. The lowest BCUT2D eigenvalue weighted by molar-refractivity contribution is 0.395. The topological polar surface area (TPSA) is 57.4 Å². The average molecular weight is 236 g/mol. The minimum atomic E-state index is 0.549. The fourth-order valence-corrected chi connectivity index (χ4v) is 1.98. The molecule has 0 unspecified atom stereocenters. The van der Waals surface area contributed by atoms with Crippen LogP contribution in [0.4, 0.5) is 5.13 Å². The van der Waals surface area contributed by atoms with Crippen molar-refractivity contribution in [3.05, 3.63) is 23.6 Å². The fraction of sp³-hybridized carbons (Fsp3) is 0.182. The number of nitrogen functional groups attached to an aromatic ring is 1. The number of rotatable bonds is 3. The van der Waals surface area contributed by atoms with E-state index < -0.39 is 0 Å². The molecule has 1 aromatic carbocycles. The van der Waals surface area contributed by atoms with Gasteiger partial charge in [-0.2, -0.15) is 0 Å². The normalized spacial score (nSPS) is 10.1. The van der Waals surface area contributed by atoms with Crippen LogP contribution in [0.2, 0.25) is 0 Å². The number of nitrogens with zero attached hydrogens (tertiary/aromatic N) is 1. The smallest absolute Gasteiger partial charge is 0.180 e. The molecule has 1 heterocycles. The summed E-state index contributed by atoms with van der Waals surface area (Å²) in [6.45, 7) is 0. The van der Waals surface area contributed by atoms with Crippen molar-refractivity contribution in [1.29, 1.82) is 0 Å². The first kappa shape index (κ1) is 10.8. The number of aromatic nitrogens is 1. The van der Waals surface area contributed by atoms with Crippen molar-refractivity contribution in [2.45, 2.75) is 0 Å². The number of benzene rings is 1.